The number of fused-ring (bicyclic) bond motifs is 1. The number of nitrogens with one attached hydrogen (secondary N) is 1. The van der Waals surface area contributed by atoms with Crippen molar-refractivity contribution in [2.75, 3.05) is 19.6 Å². The highest BCUT2D eigenvalue weighted by Gasteiger charge is 2.60. The van der Waals surface area contributed by atoms with Crippen LogP contribution in [0.4, 0.5) is 9.59 Å². The van der Waals surface area contributed by atoms with Gasteiger partial charge in [0.15, 0.2) is 0 Å². The van der Waals surface area contributed by atoms with E-state index in [1.807, 2.05) is 0 Å². The van der Waals surface area contributed by atoms with Gasteiger partial charge in [-0.3, -0.25) is 9.35 Å². The third-order valence-electron chi connectivity index (χ3n) is 4.81. The van der Waals surface area contributed by atoms with Crippen LogP contribution in [0.15, 0.2) is 0 Å². The van der Waals surface area contributed by atoms with E-state index in [1.165, 1.54) is 9.80 Å². The summed E-state index contributed by atoms with van der Waals surface area (Å²) in [5.74, 6) is -0.808. The van der Waals surface area contributed by atoms with E-state index in [2.05, 4.69) is 5.32 Å². The lowest BCUT2D eigenvalue weighted by Gasteiger charge is -2.42. The molecular formula is C15H24N4O7S. The maximum Gasteiger partial charge on any atom is 0.410 e. The van der Waals surface area contributed by atoms with Gasteiger partial charge in [0.1, 0.15) is 11.6 Å². The van der Waals surface area contributed by atoms with Gasteiger partial charge in [0.05, 0.1) is 6.04 Å². The van der Waals surface area contributed by atoms with Gasteiger partial charge >= 0.3 is 22.4 Å². The standard InChI is InChI=1S/C15H24N4O7S/c1-15(2,3)26-14(22)17-6-4-9(8-17)16-13(21)18-7-5-10-11(18)12(20)19(10)27(23,24)25/h9-11H,4-8H2,1-3H3,(H,16,21)(H,23,24,25)/t9-,10+,11?/m0/s1. The first-order valence-electron chi connectivity index (χ1n) is 8.74. The van der Waals surface area contributed by atoms with Crippen LogP contribution in [0.5, 0.6) is 0 Å². The van der Waals surface area contributed by atoms with Crippen LogP contribution in [-0.4, -0.2) is 88.5 Å². The molecule has 0 aromatic carbocycles. The van der Waals surface area contributed by atoms with Crippen molar-refractivity contribution in [1.82, 2.24) is 19.4 Å². The van der Waals surface area contributed by atoms with Gasteiger partial charge in [-0.15, -0.1) is 0 Å². The highest BCUT2D eigenvalue weighted by molar-refractivity contribution is 7.84. The second-order valence-corrected chi connectivity index (χ2v) is 9.26. The fraction of sp³-hybridized carbons (Fsp3) is 0.800. The molecule has 0 radical (unpaired) electrons. The molecule has 4 amide bonds. The second kappa shape index (κ2) is 6.51. The third kappa shape index (κ3) is 3.81. The molecule has 0 saturated carbocycles. The number of rotatable bonds is 2. The topological polar surface area (TPSA) is 137 Å². The lowest BCUT2D eigenvalue weighted by Crippen LogP contribution is -2.69. The summed E-state index contributed by atoms with van der Waals surface area (Å²) < 4.78 is 37.2. The van der Waals surface area contributed by atoms with E-state index in [4.69, 9.17) is 9.29 Å². The summed E-state index contributed by atoms with van der Waals surface area (Å²) in [5, 5.41) is 2.78. The first kappa shape index (κ1) is 19.7. The highest BCUT2D eigenvalue weighted by atomic mass is 32.2. The molecule has 3 saturated heterocycles. The average Bonchev–Trinajstić information content (AvgIpc) is 3.08. The van der Waals surface area contributed by atoms with Crippen LogP contribution >= 0.6 is 0 Å². The number of ether oxygens (including phenoxy) is 1. The highest BCUT2D eigenvalue weighted by Crippen LogP contribution is 2.35. The molecule has 152 valence electrons. The molecule has 3 aliphatic heterocycles. The van der Waals surface area contributed by atoms with Crippen LogP contribution in [-0.2, 0) is 19.8 Å². The Morgan fingerprint density at radius 2 is 1.89 bits per heavy atom. The summed E-state index contributed by atoms with van der Waals surface area (Å²) in [5.41, 5.74) is -0.605. The molecule has 3 fully saturated rings. The van der Waals surface area contributed by atoms with Crippen molar-refractivity contribution in [1.29, 1.82) is 0 Å². The molecule has 0 bridgehead atoms. The zero-order valence-electron chi connectivity index (χ0n) is 15.4. The van der Waals surface area contributed by atoms with Crippen LogP contribution in [0.2, 0.25) is 0 Å². The number of hydrogen-bond donors (Lipinski definition) is 2. The minimum Gasteiger partial charge on any atom is -0.444 e. The van der Waals surface area contributed by atoms with Crippen molar-refractivity contribution >= 4 is 28.3 Å². The van der Waals surface area contributed by atoms with E-state index in [9.17, 15) is 22.8 Å². The molecule has 0 aromatic rings. The summed E-state index contributed by atoms with van der Waals surface area (Å²) in [6.07, 6.45) is 0.384. The summed E-state index contributed by atoms with van der Waals surface area (Å²) >= 11 is 0. The van der Waals surface area contributed by atoms with Crippen LogP contribution in [0.3, 0.4) is 0 Å². The van der Waals surface area contributed by atoms with E-state index < -0.39 is 46.0 Å². The molecule has 3 aliphatic rings. The number of amides is 4. The van der Waals surface area contributed by atoms with Crippen molar-refractivity contribution in [3.05, 3.63) is 0 Å². The molecule has 0 aliphatic carbocycles. The molecular weight excluding hydrogens is 380 g/mol. The zero-order valence-corrected chi connectivity index (χ0v) is 16.2. The van der Waals surface area contributed by atoms with Gasteiger partial charge in [0.2, 0.25) is 0 Å². The number of carbonyl (C=O) groups excluding carboxylic acids is 3. The molecule has 12 heteroatoms. The second-order valence-electron chi connectivity index (χ2n) is 7.97. The van der Waals surface area contributed by atoms with Gasteiger partial charge in [-0.05, 0) is 33.6 Å². The number of urea groups is 1. The van der Waals surface area contributed by atoms with Crippen molar-refractivity contribution in [2.24, 2.45) is 0 Å². The van der Waals surface area contributed by atoms with Gasteiger partial charge in [-0.1, -0.05) is 0 Å². The minimum atomic E-state index is -4.61. The van der Waals surface area contributed by atoms with Crippen LogP contribution in [0, 0.1) is 0 Å². The average molecular weight is 404 g/mol. The minimum absolute atomic E-state index is 0.210. The molecule has 27 heavy (non-hydrogen) atoms. The van der Waals surface area contributed by atoms with Crippen LogP contribution in [0.25, 0.3) is 0 Å². The Bertz CT molecular complexity index is 763. The number of nitrogens with zero attached hydrogens (tertiary/aromatic N) is 3. The summed E-state index contributed by atoms with van der Waals surface area (Å²) in [6.45, 7) is 6.27. The maximum atomic E-state index is 12.5. The SMILES string of the molecule is CC(C)(C)OC(=O)N1CC[C@H](NC(=O)N2CC[C@@H]3C2C(=O)N3S(=O)(=O)O)C1. The Kier molecular flexibility index (Phi) is 4.75. The quantitative estimate of drug-likeness (QED) is 0.480. The van der Waals surface area contributed by atoms with Crippen molar-refractivity contribution in [3.63, 3.8) is 0 Å². The van der Waals surface area contributed by atoms with E-state index in [1.54, 1.807) is 20.8 Å². The van der Waals surface area contributed by atoms with Crippen molar-refractivity contribution in [2.45, 2.75) is 57.3 Å². The molecule has 3 heterocycles. The predicted molar refractivity (Wildman–Crippen MR) is 92.0 cm³/mol. The first-order chi connectivity index (χ1) is 12.4. The van der Waals surface area contributed by atoms with Crippen molar-refractivity contribution in [3.8, 4) is 0 Å². The van der Waals surface area contributed by atoms with Gasteiger partial charge in [-0.2, -0.15) is 8.42 Å². The third-order valence-corrected chi connectivity index (χ3v) is 5.76. The van der Waals surface area contributed by atoms with Crippen LogP contribution < -0.4 is 5.32 Å². The Balaban J connectivity index is 1.54. The zero-order chi connectivity index (χ0) is 20.1. The molecule has 0 aromatic heterocycles. The normalized spacial score (nSPS) is 28.1. The Labute approximate surface area is 157 Å². The van der Waals surface area contributed by atoms with Crippen LogP contribution in [0.1, 0.15) is 33.6 Å². The van der Waals surface area contributed by atoms with E-state index in [0.717, 1.165) is 0 Å². The monoisotopic (exact) mass is 404 g/mol. The number of likely N-dealkylation sites (tertiary alicyclic amines) is 2. The Morgan fingerprint density at radius 1 is 1.22 bits per heavy atom. The summed E-state index contributed by atoms with van der Waals surface area (Å²) in [6, 6.07) is -2.37. The van der Waals surface area contributed by atoms with Crippen molar-refractivity contribution < 1.29 is 32.1 Å². The summed E-state index contributed by atoms with van der Waals surface area (Å²) in [7, 11) is -4.61. The number of carbonyl (C=O) groups is 3. The van der Waals surface area contributed by atoms with Gasteiger partial charge in [0.25, 0.3) is 5.91 Å². The van der Waals surface area contributed by atoms with E-state index in [-0.39, 0.29) is 19.0 Å². The molecule has 2 N–H and O–H groups in total. The largest absolute Gasteiger partial charge is 0.444 e. The lowest BCUT2D eigenvalue weighted by atomic mass is 10.0. The fourth-order valence-corrected chi connectivity index (χ4v) is 4.57. The molecule has 0 spiro atoms. The maximum absolute atomic E-state index is 12.5. The first-order valence-corrected chi connectivity index (χ1v) is 10.1. The van der Waals surface area contributed by atoms with Gasteiger partial charge in [-0.25, -0.2) is 13.9 Å². The lowest BCUT2D eigenvalue weighted by molar-refractivity contribution is -0.143. The van der Waals surface area contributed by atoms with Gasteiger partial charge in [0, 0.05) is 25.7 Å². The number of β-lactam (4-membered cyclic amide) rings is 1. The van der Waals surface area contributed by atoms with E-state index in [0.29, 0.717) is 23.8 Å². The molecule has 3 rings (SSSR count). The number of hydrogen-bond acceptors (Lipinski definition) is 6. The predicted octanol–water partition coefficient (Wildman–Crippen LogP) is -0.207. The Hall–Kier alpha value is -2.08. The smallest absolute Gasteiger partial charge is 0.410 e. The Morgan fingerprint density at radius 3 is 2.48 bits per heavy atom. The van der Waals surface area contributed by atoms with Gasteiger partial charge < -0.3 is 19.9 Å². The fourth-order valence-electron chi connectivity index (χ4n) is 3.67. The van der Waals surface area contributed by atoms with E-state index >= 15 is 0 Å². The molecule has 1 unspecified atom stereocenters. The molecule has 11 nitrogen and oxygen atoms in total. The molecule has 3 atom stereocenters. The summed E-state index contributed by atoms with van der Waals surface area (Å²) in [4.78, 5) is 39.4.